The van der Waals surface area contributed by atoms with E-state index in [0.717, 1.165) is 5.76 Å². The van der Waals surface area contributed by atoms with Gasteiger partial charge in [0.15, 0.2) is 0 Å². The third kappa shape index (κ3) is 3.72. The second-order valence-corrected chi connectivity index (χ2v) is 1.86. The van der Waals surface area contributed by atoms with Gasteiger partial charge >= 0.3 is 0 Å². The molecule has 1 unspecified atom stereocenters. The molecule has 0 spiro atoms. The summed E-state index contributed by atoms with van der Waals surface area (Å²) < 4.78 is 5.15. The van der Waals surface area contributed by atoms with Crippen molar-refractivity contribution < 1.29 is 4.74 Å². The number of hydrogen-bond acceptors (Lipinski definition) is 1. The van der Waals surface area contributed by atoms with E-state index in [1.807, 2.05) is 27.2 Å². The molecule has 1 atom stereocenters. The highest BCUT2D eigenvalue weighted by atomic mass is 16.5. The molecule has 0 saturated heterocycles. The van der Waals surface area contributed by atoms with Crippen LogP contribution in [0.2, 0.25) is 0 Å². The lowest BCUT2D eigenvalue weighted by molar-refractivity contribution is 0.160. The van der Waals surface area contributed by atoms with Crippen LogP contribution < -0.4 is 0 Å². The molecule has 0 bridgehead atoms. The molecule has 0 saturated carbocycles. The van der Waals surface area contributed by atoms with Crippen molar-refractivity contribution in [3.8, 4) is 0 Å². The molecular formula is C7H13O-. The predicted octanol–water partition coefficient (Wildman–Crippen LogP) is 2.15. The van der Waals surface area contributed by atoms with Gasteiger partial charge in [-0.3, -0.25) is 6.42 Å². The molecule has 0 aromatic carbocycles. The Morgan fingerprint density at radius 3 is 2.38 bits per heavy atom. The molecule has 0 heterocycles. The standard InChI is InChI=1S/C7H13O/c1-5-7(4)8-6(2)3/h5,7H,2H2,1,3-4H3/q-1. The van der Waals surface area contributed by atoms with Crippen LogP contribution in [0.1, 0.15) is 20.8 Å². The number of hydrogen-bond donors (Lipinski definition) is 0. The second kappa shape index (κ2) is 3.53. The van der Waals surface area contributed by atoms with Crippen LogP contribution in [0.3, 0.4) is 0 Å². The smallest absolute Gasteiger partial charge is 0.0820 e. The molecule has 0 amide bonds. The highest BCUT2D eigenvalue weighted by Crippen LogP contribution is 2.00. The van der Waals surface area contributed by atoms with Crippen LogP contribution in [0, 0.1) is 6.42 Å². The van der Waals surface area contributed by atoms with Crippen LogP contribution in [-0.2, 0) is 4.74 Å². The van der Waals surface area contributed by atoms with Gasteiger partial charge in [-0.2, -0.15) is 6.92 Å². The molecule has 0 aliphatic heterocycles. The van der Waals surface area contributed by atoms with Crippen LogP contribution in [0.15, 0.2) is 12.3 Å². The first-order chi connectivity index (χ1) is 3.66. The first-order valence-electron chi connectivity index (χ1n) is 2.78. The summed E-state index contributed by atoms with van der Waals surface area (Å²) in [5, 5.41) is 0. The summed E-state index contributed by atoms with van der Waals surface area (Å²) in [6, 6.07) is 0. The highest BCUT2D eigenvalue weighted by Gasteiger charge is 1.85. The molecule has 1 heteroatoms. The Bertz CT molecular complexity index is 76.5. The van der Waals surface area contributed by atoms with Crippen molar-refractivity contribution in [1.82, 2.24) is 0 Å². The molecule has 0 aliphatic carbocycles. The maximum atomic E-state index is 5.15. The number of rotatable bonds is 3. The Labute approximate surface area is 51.4 Å². The lowest BCUT2D eigenvalue weighted by Crippen LogP contribution is -2.03. The zero-order valence-electron chi connectivity index (χ0n) is 5.77. The topological polar surface area (TPSA) is 9.23 Å². The van der Waals surface area contributed by atoms with E-state index < -0.39 is 0 Å². The quantitative estimate of drug-likeness (QED) is 0.402. The monoisotopic (exact) mass is 113 g/mol. The predicted molar refractivity (Wildman–Crippen MR) is 35.3 cm³/mol. The minimum Gasteiger partial charge on any atom is -0.527 e. The van der Waals surface area contributed by atoms with E-state index >= 15 is 0 Å². The molecule has 1 nitrogen and oxygen atoms in total. The Balaban J connectivity index is 3.24. The summed E-state index contributed by atoms with van der Waals surface area (Å²) in [6.45, 7) is 9.39. The van der Waals surface area contributed by atoms with Crippen LogP contribution in [0.25, 0.3) is 0 Å². The fraction of sp³-hybridized carbons (Fsp3) is 0.571. The highest BCUT2D eigenvalue weighted by molar-refractivity contribution is 4.79. The van der Waals surface area contributed by atoms with Gasteiger partial charge in [0.05, 0.1) is 5.76 Å². The summed E-state index contributed by atoms with van der Waals surface area (Å²) in [5.74, 6) is 0.774. The van der Waals surface area contributed by atoms with Crippen molar-refractivity contribution in [3.63, 3.8) is 0 Å². The van der Waals surface area contributed by atoms with E-state index in [1.54, 1.807) is 0 Å². The van der Waals surface area contributed by atoms with E-state index in [2.05, 4.69) is 6.58 Å². The van der Waals surface area contributed by atoms with E-state index in [-0.39, 0.29) is 6.10 Å². The first kappa shape index (κ1) is 7.54. The SMILES string of the molecule is C=C(C)OC(C)[CH-]C. The van der Waals surface area contributed by atoms with Crippen molar-refractivity contribution in [2.75, 3.05) is 0 Å². The molecular weight excluding hydrogens is 100 g/mol. The van der Waals surface area contributed by atoms with Crippen LogP contribution in [-0.4, -0.2) is 6.10 Å². The Hall–Kier alpha value is -0.460. The molecule has 0 aliphatic rings. The molecule has 0 fully saturated rings. The average molecular weight is 113 g/mol. The summed E-state index contributed by atoms with van der Waals surface area (Å²) in [7, 11) is 0. The van der Waals surface area contributed by atoms with Gasteiger partial charge in [-0.1, -0.05) is 13.5 Å². The molecule has 0 aromatic rings. The van der Waals surface area contributed by atoms with E-state index in [9.17, 15) is 0 Å². The summed E-state index contributed by atoms with van der Waals surface area (Å²) >= 11 is 0. The van der Waals surface area contributed by atoms with Crippen molar-refractivity contribution in [3.05, 3.63) is 18.8 Å². The van der Waals surface area contributed by atoms with Gasteiger partial charge in [0, 0.05) is 0 Å². The number of allylic oxidation sites excluding steroid dienone is 1. The summed E-state index contributed by atoms with van der Waals surface area (Å²) in [4.78, 5) is 0. The third-order valence-corrected chi connectivity index (χ3v) is 0.856. The van der Waals surface area contributed by atoms with Gasteiger partial charge < -0.3 is 4.74 Å². The van der Waals surface area contributed by atoms with Gasteiger partial charge in [-0.15, -0.1) is 0 Å². The van der Waals surface area contributed by atoms with Gasteiger partial charge in [0.25, 0.3) is 0 Å². The van der Waals surface area contributed by atoms with E-state index in [1.165, 1.54) is 0 Å². The van der Waals surface area contributed by atoms with Gasteiger partial charge in [0.2, 0.25) is 0 Å². The zero-order valence-corrected chi connectivity index (χ0v) is 5.77. The maximum absolute atomic E-state index is 5.15. The fourth-order valence-corrected chi connectivity index (χ4v) is 0.385. The van der Waals surface area contributed by atoms with Crippen molar-refractivity contribution in [1.29, 1.82) is 0 Å². The van der Waals surface area contributed by atoms with Gasteiger partial charge in [-0.25, -0.2) is 0 Å². The Kier molecular flexibility index (Phi) is 3.33. The normalized spacial score (nSPS) is 12.9. The maximum Gasteiger partial charge on any atom is 0.0820 e. The van der Waals surface area contributed by atoms with Crippen molar-refractivity contribution >= 4 is 0 Å². The summed E-state index contributed by atoms with van der Waals surface area (Å²) in [5.41, 5.74) is 0. The third-order valence-electron chi connectivity index (χ3n) is 0.856. The molecule has 0 rings (SSSR count). The Morgan fingerprint density at radius 1 is 1.75 bits per heavy atom. The summed E-state index contributed by atoms with van der Waals surface area (Å²) in [6.07, 6.45) is 2.18. The lowest BCUT2D eigenvalue weighted by Gasteiger charge is -2.19. The lowest BCUT2D eigenvalue weighted by atomic mass is 10.3. The minimum atomic E-state index is 0.201. The van der Waals surface area contributed by atoms with E-state index in [0.29, 0.717) is 0 Å². The zero-order chi connectivity index (χ0) is 6.57. The fourth-order valence-electron chi connectivity index (χ4n) is 0.385. The van der Waals surface area contributed by atoms with Gasteiger partial charge in [-0.05, 0) is 13.0 Å². The van der Waals surface area contributed by atoms with Crippen LogP contribution in [0.5, 0.6) is 0 Å². The first-order valence-corrected chi connectivity index (χ1v) is 2.78. The van der Waals surface area contributed by atoms with Crippen molar-refractivity contribution in [2.45, 2.75) is 26.9 Å². The van der Waals surface area contributed by atoms with Crippen LogP contribution >= 0.6 is 0 Å². The minimum absolute atomic E-state index is 0.201. The van der Waals surface area contributed by atoms with Crippen molar-refractivity contribution in [2.24, 2.45) is 0 Å². The second-order valence-electron chi connectivity index (χ2n) is 1.86. The Morgan fingerprint density at radius 2 is 2.25 bits per heavy atom. The largest absolute Gasteiger partial charge is 0.527 e. The molecule has 8 heavy (non-hydrogen) atoms. The van der Waals surface area contributed by atoms with Gasteiger partial charge in [0.1, 0.15) is 0 Å². The van der Waals surface area contributed by atoms with E-state index in [4.69, 9.17) is 4.74 Å². The number of ether oxygens (including phenoxy) is 1. The molecule has 0 aromatic heterocycles. The molecule has 48 valence electrons. The molecule has 0 radical (unpaired) electrons. The molecule has 0 N–H and O–H groups in total. The van der Waals surface area contributed by atoms with Crippen LogP contribution in [0.4, 0.5) is 0 Å². The average Bonchev–Trinajstić information content (AvgIpc) is 1.65.